The van der Waals surface area contributed by atoms with Gasteiger partial charge in [0.1, 0.15) is 11.5 Å². The number of aromatic nitrogens is 4. The zero-order valence-electron chi connectivity index (χ0n) is 28.7. The Kier molecular flexibility index (Phi) is 11.1. The minimum atomic E-state index is -0.602. The molecule has 1 saturated heterocycles. The number of H-pyrrole nitrogens is 1. The van der Waals surface area contributed by atoms with Gasteiger partial charge in [-0.3, -0.25) is 15.4 Å². The average Bonchev–Trinajstić information content (AvgIpc) is 3.03. The molecule has 0 saturated carbocycles. The van der Waals surface area contributed by atoms with Crippen LogP contribution in [-0.2, 0) is 14.7 Å². The van der Waals surface area contributed by atoms with Gasteiger partial charge in [-0.15, -0.1) is 10.3 Å². The van der Waals surface area contributed by atoms with Crippen LogP contribution < -0.4 is 16.2 Å². The summed E-state index contributed by atoms with van der Waals surface area (Å²) in [5.74, 6) is 0.652. The number of piperidine rings is 1. The van der Waals surface area contributed by atoms with Gasteiger partial charge in [-0.1, -0.05) is 0 Å². The van der Waals surface area contributed by atoms with Crippen LogP contribution in [0.15, 0.2) is 53.5 Å². The van der Waals surface area contributed by atoms with Crippen molar-refractivity contribution in [3.63, 3.8) is 0 Å². The summed E-state index contributed by atoms with van der Waals surface area (Å²) in [7, 11) is 0. The number of anilines is 2. The van der Waals surface area contributed by atoms with E-state index in [1.54, 1.807) is 18.2 Å². The summed E-state index contributed by atoms with van der Waals surface area (Å²) in [5, 5.41) is 21.1. The molecule has 0 unspecified atom stereocenters. The van der Waals surface area contributed by atoms with Crippen molar-refractivity contribution < 1.29 is 24.3 Å². The minimum Gasteiger partial charge on any atom is -0.449 e. The van der Waals surface area contributed by atoms with Crippen LogP contribution in [0.5, 0.6) is 0 Å². The number of ether oxygens (including phenoxy) is 2. The highest BCUT2D eigenvalue weighted by Gasteiger charge is 2.46. The maximum absolute atomic E-state index is 12.9. The van der Waals surface area contributed by atoms with E-state index in [1.165, 1.54) is 17.3 Å². The molecule has 0 spiro atoms. The molecular weight excluding hydrogens is 628 g/mol. The molecule has 4 aromatic rings. The highest BCUT2D eigenvalue weighted by Crippen LogP contribution is 2.40. The van der Waals surface area contributed by atoms with E-state index in [1.807, 2.05) is 52.8 Å². The number of nitrogens with one attached hydrogen (secondary N) is 3. The van der Waals surface area contributed by atoms with Crippen LogP contribution in [0.25, 0.3) is 22.1 Å². The second kappa shape index (κ2) is 15.3. The third kappa shape index (κ3) is 9.71. The van der Waals surface area contributed by atoms with E-state index in [4.69, 9.17) is 9.47 Å². The summed E-state index contributed by atoms with van der Waals surface area (Å²) in [6.45, 7) is 12.3. The zero-order chi connectivity index (χ0) is 35.2. The van der Waals surface area contributed by atoms with Crippen LogP contribution in [0, 0.1) is 12.8 Å². The molecule has 4 aromatic heterocycles. The van der Waals surface area contributed by atoms with Crippen molar-refractivity contribution in [2.24, 2.45) is 5.92 Å². The number of aryl methyl sites for hydroxylation is 1. The first-order valence-electron chi connectivity index (χ1n) is 16.6. The first-order chi connectivity index (χ1) is 23.3. The van der Waals surface area contributed by atoms with Crippen LogP contribution >= 0.6 is 0 Å². The number of nitrogens with zero attached hydrogens (tertiary/aromatic N) is 5. The van der Waals surface area contributed by atoms with Crippen molar-refractivity contribution in [2.75, 3.05) is 43.5 Å². The molecule has 5 rings (SSSR count). The van der Waals surface area contributed by atoms with Gasteiger partial charge in [-0.2, -0.15) is 0 Å². The molecule has 14 nitrogen and oxygen atoms in total. The molecule has 14 heteroatoms. The lowest BCUT2D eigenvalue weighted by Crippen LogP contribution is -2.59. The number of amides is 2. The van der Waals surface area contributed by atoms with E-state index in [9.17, 15) is 19.6 Å². The fourth-order valence-corrected chi connectivity index (χ4v) is 6.73. The highest BCUT2D eigenvalue weighted by molar-refractivity contribution is 5.88. The molecule has 2 amide bonds. The third-order valence-electron chi connectivity index (χ3n) is 8.64. The van der Waals surface area contributed by atoms with E-state index in [-0.39, 0.29) is 24.7 Å². The maximum Gasteiger partial charge on any atom is 0.412 e. The molecule has 261 valence electrons. The second-order valence-corrected chi connectivity index (χ2v) is 13.9. The molecule has 1 aliphatic rings. The lowest BCUT2D eigenvalue weighted by Gasteiger charge is -2.50. The average molecular weight is 674 g/mol. The largest absolute Gasteiger partial charge is 0.449 e. The lowest BCUT2D eigenvalue weighted by molar-refractivity contribution is -0.294. The van der Waals surface area contributed by atoms with Crippen LogP contribution in [0.1, 0.15) is 59.1 Å². The molecule has 3 N–H and O–H groups in total. The smallest absolute Gasteiger partial charge is 0.412 e. The SMILES string of the molecule is Cc1ccc2ccc(NC(=O)OCCCN(CCCOC(=O)Nc3cnc4[nH]c(=O)ccc4c3)CC3CC(C)(C)N([O])C(C)(C)C3)nc2n1. The second-order valence-electron chi connectivity index (χ2n) is 13.9. The Hall–Kier alpha value is -4.66. The Morgan fingerprint density at radius 1 is 0.918 bits per heavy atom. The number of aromatic amines is 1. The quantitative estimate of drug-likeness (QED) is 0.159. The molecule has 1 aliphatic heterocycles. The van der Waals surface area contributed by atoms with Gasteiger partial charge in [0.05, 0.1) is 25.1 Å². The molecule has 0 bridgehead atoms. The van der Waals surface area contributed by atoms with E-state index in [0.29, 0.717) is 54.1 Å². The topological polar surface area (TPSA) is 175 Å². The molecule has 49 heavy (non-hydrogen) atoms. The Bertz CT molecular complexity index is 1830. The van der Waals surface area contributed by atoms with Gasteiger partial charge in [0.2, 0.25) is 5.56 Å². The van der Waals surface area contributed by atoms with Gasteiger partial charge in [0.25, 0.3) is 0 Å². The number of hydroxylamine groups is 2. The summed E-state index contributed by atoms with van der Waals surface area (Å²) in [6.07, 6.45) is 2.95. The van der Waals surface area contributed by atoms with Gasteiger partial charge in [-0.25, -0.2) is 24.5 Å². The van der Waals surface area contributed by atoms with E-state index >= 15 is 0 Å². The zero-order valence-corrected chi connectivity index (χ0v) is 28.7. The van der Waals surface area contributed by atoms with Crippen molar-refractivity contribution in [3.05, 3.63) is 64.7 Å². The van der Waals surface area contributed by atoms with Crippen molar-refractivity contribution >= 4 is 45.8 Å². The van der Waals surface area contributed by atoms with Gasteiger partial charge >= 0.3 is 12.2 Å². The summed E-state index contributed by atoms with van der Waals surface area (Å²) in [6, 6.07) is 12.1. The minimum absolute atomic E-state index is 0.193. The number of fused-ring (bicyclic) bond motifs is 2. The van der Waals surface area contributed by atoms with Gasteiger partial charge in [0.15, 0.2) is 5.65 Å². The van der Waals surface area contributed by atoms with Crippen LogP contribution in [0.2, 0.25) is 0 Å². The molecule has 0 atom stereocenters. The van der Waals surface area contributed by atoms with Crippen molar-refractivity contribution in [3.8, 4) is 0 Å². The standard InChI is InChI=1S/C35H45N8O6/c1-23-8-9-25-10-12-28(39-31(25)37-23)40-33(46)49-17-7-15-42(22-24-19-34(2,3)43(47)35(4,5)20-24)14-6-16-48-32(45)38-27-18-26-11-13-29(44)41-30(26)36-21-27/h8-13,18,21,24H,6-7,14-17,19-20,22H2,1-5H3,(H,38,45)(H,36,41,44)(H,37,39,40,46). The fraction of sp³-hybridized carbons (Fsp3) is 0.486. The van der Waals surface area contributed by atoms with Crippen molar-refractivity contribution in [1.82, 2.24) is 29.9 Å². The normalized spacial score (nSPS) is 16.1. The van der Waals surface area contributed by atoms with Crippen LogP contribution in [-0.4, -0.2) is 86.0 Å². The monoisotopic (exact) mass is 673 g/mol. The third-order valence-corrected chi connectivity index (χ3v) is 8.64. The van der Waals surface area contributed by atoms with E-state index in [0.717, 1.165) is 30.5 Å². The predicted octanol–water partition coefficient (Wildman–Crippen LogP) is 5.67. The Morgan fingerprint density at radius 2 is 1.55 bits per heavy atom. The van der Waals surface area contributed by atoms with Gasteiger partial charge in [0, 0.05) is 53.2 Å². The predicted molar refractivity (Wildman–Crippen MR) is 186 cm³/mol. The molecule has 5 heterocycles. The van der Waals surface area contributed by atoms with Crippen molar-refractivity contribution in [1.29, 1.82) is 0 Å². The highest BCUT2D eigenvalue weighted by atomic mass is 16.6. The molecule has 0 aliphatic carbocycles. The number of carbonyl (C=O) groups is 2. The first kappa shape index (κ1) is 35.6. The Balaban J connectivity index is 1.11. The van der Waals surface area contributed by atoms with Crippen LogP contribution in [0.3, 0.4) is 0 Å². The first-order valence-corrected chi connectivity index (χ1v) is 16.6. The van der Waals surface area contributed by atoms with Gasteiger partial charge in [-0.05, 0) is 103 Å². The number of pyridine rings is 4. The summed E-state index contributed by atoms with van der Waals surface area (Å²) < 4.78 is 10.9. The molecule has 1 fully saturated rings. The summed E-state index contributed by atoms with van der Waals surface area (Å²) >= 11 is 0. The molecule has 1 radical (unpaired) electrons. The summed E-state index contributed by atoms with van der Waals surface area (Å²) in [4.78, 5) is 54.4. The van der Waals surface area contributed by atoms with E-state index in [2.05, 4.69) is 35.5 Å². The Morgan fingerprint density at radius 3 is 2.24 bits per heavy atom. The summed E-state index contributed by atoms with van der Waals surface area (Å²) in [5.41, 5.74) is 1.04. The number of rotatable bonds is 12. The van der Waals surface area contributed by atoms with E-state index < -0.39 is 23.3 Å². The lowest BCUT2D eigenvalue weighted by atomic mass is 9.75. The Labute approximate surface area is 285 Å². The molecule has 0 aromatic carbocycles. The number of carbonyl (C=O) groups excluding carboxylic acids is 2. The number of hydrogen-bond donors (Lipinski definition) is 3. The fourth-order valence-electron chi connectivity index (χ4n) is 6.73. The molecular formula is C35H45N8O6. The van der Waals surface area contributed by atoms with Crippen molar-refractivity contribution in [2.45, 2.75) is 71.4 Å². The van der Waals surface area contributed by atoms with Crippen LogP contribution in [0.4, 0.5) is 21.1 Å². The maximum atomic E-state index is 12.9. The van der Waals surface area contributed by atoms with Gasteiger partial charge < -0.3 is 19.4 Å². The number of hydrogen-bond acceptors (Lipinski definition) is 10.